The van der Waals surface area contributed by atoms with Crippen molar-refractivity contribution >= 4 is 45.5 Å². The number of rotatable bonds is 9. The van der Waals surface area contributed by atoms with E-state index in [1.807, 2.05) is 73.7 Å². The summed E-state index contributed by atoms with van der Waals surface area (Å²) in [5.41, 5.74) is 3.19. The number of para-hydroxylation sites is 2. The monoisotopic (exact) mass is 570 g/mol. The summed E-state index contributed by atoms with van der Waals surface area (Å²) in [6, 6.07) is 20.6. The van der Waals surface area contributed by atoms with E-state index in [4.69, 9.17) is 9.47 Å². The summed E-state index contributed by atoms with van der Waals surface area (Å²) in [5.74, 6) is 2.41. The van der Waals surface area contributed by atoms with Crippen molar-refractivity contribution in [2.75, 3.05) is 5.32 Å². The molecule has 2 atom stereocenters. The number of ether oxygens (including phenoxy) is 2. The zero-order valence-electron chi connectivity index (χ0n) is 22.5. The van der Waals surface area contributed by atoms with E-state index >= 15 is 0 Å². The van der Waals surface area contributed by atoms with Crippen molar-refractivity contribution in [2.24, 2.45) is 5.92 Å². The first kappa shape index (κ1) is 26.9. The van der Waals surface area contributed by atoms with Gasteiger partial charge in [0.15, 0.2) is 11.9 Å². The Labute approximate surface area is 241 Å². The Bertz CT molecular complexity index is 1600. The Balaban J connectivity index is 1.10. The SMILES string of the molecule is CC(Oc1ccc(CC2SC(=O)NC2=O)cc1)c1nc2ccc(Oc3ccccc3NC(=O)C3CCCC3)cc2[nH]1. The van der Waals surface area contributed by atoms with Gasteiger partial charge in [-0.3, -0.25) is 19.7 Å². The standard InChI is InChI=1S/C31H30N4O5S/c1-18(39-21-12-10-19(11-13-21)16-27-30(37)35-31(38)41-27)28-32-23-15-14-22(17-25(23)33-28)40-26-9-5-4-8-24(26)34-29(36)20-6-2-3-7-20/h4-5,8-15,17-18,20,27H,2-3,6-7,16H2,1H3,(H,32,33)(H,34,36)(H,35,37,38). The number of nitrogens with zero attached hydrogens (tertiary/aromatic N) is 1. The highest BCUT2D eigenvalue weighted by Crippen LogP contribution is 2.33. The van der Waals surface area contributed by atoms with Gasteiger partial charge in [0.05, 0.1) is 22.0 Å². The summed E-state index contributed by atoms with van der Waals surface area (Å²) in [6.45, 7) is 1.91. The Morgan fingerprint density at radius 3 is 2.56 bits per heavy atom. The topological polar surface area (TPSA) is 122 Å². The van der Waals surface area contributed by atoms with Gasteiger partial charge in [-0.15, -0.1) is 0 Å². The van der Waals surface area contributed by atoms with Gasteiger partial charge in [-0.25, -0.2) is 4.98 Å². The number of carbonyl (C=O) groups is 3. The number of amides is 3. The third-order valence-corrected chi connectivity index (χ3v) is 8.36. The molecule has 1 aromatic heterocycles. The number of carbonyl (C=O) groups excluding carboxylic acids is 3. The first-order chi connectivity index (χ1) is 19.9. The number of aromatic amines is 1. The number of benzene rings is 3. The van der Waals surface area contributed by atoms with Gasteiger partial charge >= 0.3 is 0 Å². The smallest absolute Gasteiger partial charge is 0.286 e. The second-order valence-electron chi connectivity index (χ2n) is 10.4. The van der Waals surface area contributed by atoms with Crippen LogP contribution in [0.15, 0.2) is 66.7 Å². The predicted molar refractivity (Wildman–Crippen MR) is 157 cm³/mol. The molecule has 0 radical (unpaired) electrons. The van der Waals surface area contributed by atoms with Crippen LogP contribution in [-0.4, -0.2) is 32.3 Å². The van der Waals surface area contributed by atoms with Crippen LogP contribution in [0.2, 0.25) is 0 Å². The molecule has 4 aromatic rings. The molecule has 2 aliphatic rings. The lowest BCUT2D eigenvalue weighted by Crippen LogP contribution is -2.25. The summed E-state index contributed by atoms with van der Waals surface area (Å²) in [5, 5.41) is 4.66. The summed E-state index contributed by atoms with van der Waals surface area (Å²) >= 11 is 1.02. The molecule has 1 aliphatic heterocycles. The van der Waals surface area contributed by atoms with Crippen molar-refractivity contribution in [2.45, 2.75) is 50.4 Å². The Morgan fingerprint density at radius 1 is 1.05 bits per heavy atom. The van der Waals surface area contributed by atoms with Gasteiger partial charge in [0, 0.05) is 12.0 Å². The van der Waals surface area contributed by atoms with Gasteiger partial charge in [-0.05, 0) is 68.1 Å². The van der Waals surface area contributed by atoms with Crippen LogP contribution in [0.1, 0.15) is 50.1 Å². The molecule has 1 saturated heterocycles. The second-order valence-corrected chi connectivity index (χ2v) is 11.5. The van der Waals surface area contributed by atoms with Crippen molar-refractivity contribution in [1.29, 1.82) is 0 Å². The van der Waals surface area contributed by atoms with Crippen LogP contribution in [0.4, 0.5) is 10.5 Å². The number of hydrogen-bond acceptors (Lipinski definition) is 7. The lowest BCUT2D eigenvalue weighted by atomic mass is 10.1. The molecule has 0 bridgehead atoms. The molecule has 1 aliphatic carbocycles. The van der Waals surface area contributed by atoms with Crippen LogP contribution < -0.4 is 20.1 Å². The molecular weight excluding hydrogens is 540 g/mol. The number of nitrogens with one attached hydrogen (secondary N) is 3. The minimum atomic E-state index is -0.401. The maximum atomic E-state index is 12.7. The maximum Gasteiger partial charge on any atom is 0.286 e. The maximum absolute atomic E-state index is 12.7. The van der Waals surface area contributed by atoms with E-state index < -0.39 is 5.25 Å². The van der Waals surface area contributed by atoms with Crippen LogP contribution in [0.25, 0.3) is 11.0 Å². The lowest BCUT2D eigenvalue weighted by molar-refractivity contribution is -0.120. The van der Waals surface area contributed by atoms with Crippen LogP contribution in [0.5, 0.6) is 17.2 Å². The average molecular weight is 571 g/mol. The molecule has 3 aromatic carbocycles. The Hall–Kier alpha value is -4.31. The van der Waals surface area contributed by atoms with E-state index in [9.17, 15) is 14.4 Å². The fraction of sp³-hybridized carbons (Fsp3) is 0.290. The van der Waals surface area contributed by atoms with Crippen molar-refractivity contribution < 1.29 is 23.9 Å². The van der Waals surface area contributed by atoms with E-state index in [1.54, 1.807) is 0 Å². The second kappa shape index (κ2) is 11.7. The number of H-pyrrole nitrogens is 1. The highest BCUT2D eigenvalue weighted by Gasteiger charge is 2.31. The summed E-state index contributed by atoms with van der Waals surface area (Å²) in [4.78, 5) is 43.9. The normalized spacial score (nSPS) is 17.9. The minimum absolute atomic E-state index is 0.0487. The van der Waals surface area contributed by atoms with E-state index in [1.165, 1.54) is 0 Å². The van der Waals surface area contributed by atoms with E-state index in [-0.39, 0.29) is 29.1 Å². The lowest BCUT2D eigenvalue weighted by Gasteiger charge is -2.14. The number of anilines is 1. The highest BCUT2D eigenvalue weighted by molar-refractivity contribution is 8.15. The van der Waals surface area contributed by atoms with Gasteiger partial charge < -0.3 is 19.8 Å². The number of thioether (sulfide) groups is 1. The molecule has 41 heavy (non-hydrogen) atoms. The third kappa shape index (κ3) is 6.22. The van der Waals surface area contributed by atoms with Gasteiger partial charge in [0.2, 0.25) is 11.8 Å². The van der Waals surface area contributed by atoms with Crippen LogP contribution in [0.3, 0.4) is 0 Å². The molecule has 3 N–H and O–H groups in total. The van der Waals surface area contributed by atoms with Crippen LogP contribution in [0, 0.1) is 5.92 Å². The summed E-state index contributed by atoms with van der Waals surface area (Å²) < 4.78 is 12.3. The zero-order valence-corrected chi connectivity index (χ0v) is 23.3. The molecule has 210 valence electrons. The third-order valence-electron chi connectivity index (χ3n) is 7.38. The van der Waals surface area contributed by atoms with Gasteiger partial charge in [0.1, 0.15) is 17.3 Å². The molecular formula is C31H30N4O5S. The molecule has 3 amide bonds. The molecule has 2 heterocycles. The van der Waals surface area contributed by atoms with E-state index in [0.717, 1.165) is 54.0 Å². The molecule has 10 heteroatoms. The summed E-state index contributed by atoms with van der Waals surface area (Å²) in [6.07, 6.45) is 4.20. The van der Waals surface area contributed by atoms with Crippen molar-refractivity contribution in [1.82, 2.24) is 15.3 Å². The minimum Gasteiger partial charge on any atom is -0.483 e. The number of imidazole rings is 1. The molecule has 0 spiro atoms. The van der Waals surface area contributed by atoms with Gasteiger partial charge in [0.25, 0.3) is 5.24 Å². The number of aromatic nitrogens is 2. The predicted octanol–water partition coefficient (Wildman–Crippen LogP) is 6.52. The van der Waals surface area contributed by atoms with Crippen molar-refractivity contribution in [3.63, 3.8) is 0 Å². The molecule has 2 fully saturated rings. The van der Waals surface area contributed by atoms with Crippen LogP contribution in [-0.2, 0) is 16.0 Å². The fourth-order valence-corrected chi connectivity index (χ4v) is 6.04. The van der Waals surface area contributed by atoms with E-state index in [0.29, 0.717) is 35.2 Å². The average Bonchev–Trinajstić information content (AvgIpc) is 3.71. The van der Waals surface area contributed by atoms with E-state index in [2.05, 4.69) is 20.6 Å². The molecule has 6 rings (SSSR count). The first-order valence-electron chi connectivity index (χ1n) is 13.8. The Morgan fingerprint density at radius 2 is 1.80 bits per heavy atom. The van der Waals surface area contributed by atoms with Gasteiger partial charge in [-0.2, -0.15) is 0 Å². The molecule has 1 saturated carbocycles. The zero-order chi connectivity index (χ0) is 28.3. The highest BCUT2D eigenvalue weighted by atomic mass is 32.2. The largest absolute Gasteiger partial charge is 0.483 e. The van der Waals surface area contributed by atoms with Gasteiger partial charge in [-0.1, -0.05) is 48.9 Å². The number of hydrogen-bond donors (Lipinski definition) is 3. The van der Waals surface area contributed by atoms with Crippen molar-refractivity contribution in [3.05, 3.63) is 78.1 Å². The quantitative estimate of drug-likeness (QED) is 0.209. The summed E-state index contributed by atoms with van der Waals surface area (Å²) in [7, 11) is 0. The fourth-order valence-electron chi connectivity index (χ4n) is 5.18. The number of fused-ring (bicyclic) bond motifs is 1. The van der Waals surface area contributed by atoms with Crippen molar-refractivity contribution in [3.8, 4) is 17.2 Å². The molecule has 2 unspecified atom stereocenters. The Kier molecular flexibility index (Phi) is 7.65. The molecule has 9 nitrogen and oxygen atoms in total. The van der Waals surface area contributed by atoms with Crippen LogP contribution >= 0.6 is 11.8 Å². The number of imide groups is 1. The first-order valence-corrected chi connectivity index (χ1v) is 14.6.